The van der Waals surface area contributed by atoms with Crippen LogP contribution in [0.4, 0.5) is 32.0 Å². The number of H-pyrrole nitrogens is 1. The van der Waals surface area contributed by atoms with Crippen molar-refractivity contribution in [3.8, 4) is 5.75 Å². The van der Waals surface area contributed by atoms with Gasteiger partial charge >= 0.3 is 12.4 Å². The molecule has 0 aliphatic carbocycles. The van der Waals surface area contributed by atoms with Crippen molar-refractivity contribution in [3.63, 3.8) is 0 Å². The predicted octanol–water partition coefficient (Wildman–Crippen LogP) is 2.16. The molecule has 2 aliphatic rings. The molecule has 0 bridgehead atoms. The van der Waals surface area contributed by atoms with Gasteiger partial charge in [-0.05, 0) is 13.0 Å². The van der Waals surface area contributed by atoms with Gasteiger partial charge in [-0.2, -0.15) is 31.4 Å². The van der Waals surface area contributed by atoms with E-state index in [0.29, 0.717) is 6.20 Å². The van der Waals surface area contributed by atoms with Gasteiger partial charge in [0, 0.05) is 31.9 Å². The predicted molar refractivity (Wildman–Crippen MR) is 125 cm³/mol. The van der Waals surface area contributed by atoms with E-state index in [0.717, 1.165) is 12.3 Å². The van der Waals surface area contributed by atoms with E-state index in [1.807, 2.05) is 0 Å². The second-order valence-electron chi connectivity index (χ2n) is 9.23. The van der Waals surface area contributed by atoms with Crippen LogP contribution >= 0.6 is 0 Å². The molecular formula is C23H24F6N6O5. The Labute approximate surface area is 222 Å². The van der Waals surface area contributed by atoms with Crippen LogP contribution in [0.25, 0.3) is 0 Å². The standard InChI is InChI=1S/C23H24F6N6O5/c1-12(32-15-8-31-33-20(37)18(15)23(27,28)29)10-39-5-2-17(36)34-3-4-35-14(9-34)11-40-16-6-13(22(24,25)26)7-30-19(16)21(35)38/h6-8,12,14H,2-5,9-11H2,1H3,(H2,32,33,37)/t12-,14-/m0/s1. The molecule has 40 heavy (non-hydrogen) atoms. The molecule has 0 unspecified atom stereocenters. The van der Waals surface area contributed by atoms with Crippen molar-refractivity contribution < 1.29 is 45.4 Å². The third kappa shape index (κ3) is 6.46. The Balaban J connectivity index is 1.27. The van der Waals surface area contributed by atoms with Gasteiger partial charge < -0.3 is 24.6 Å². The number of carbonyl (C=O) groups is 2. The van der Waals surface area contributed by atoms with Crippen LogP contribution in [0.3, 0.4) is 0 Å². The number of amides is 2. The van der Waals surface area contributed by atoms with Crippen LogP contribution in [0.1, 0.15) is 35.0 Å². The number of aromatic nitrogens is 3. The van der Waals surface area contributed by atoms with Crippen LogP contribution in [0.5, 0.6) is 5.75 Å². The lowest BCUT2D eigenvalue weighted by Gasteiger charge is -2.39. The Bertz CT molecular complexity index is 1320. The number of alkyl halides is 6. The first kappa shape index (κ1) is 29.1. The molecule has 2 amide bonds. The number of fused-ring (bicyclic) bond motifs is 2. The fourth-order valence-electron chi connectivity index (χ4n) is 4.36. The molecule has 2 aromatic heterocycles. The van der Waals surface area contributed by atoms with E-state index >= 15 is 0 Å². The third-order valence-electron chi connectivity index (χ3n) is 6.28. The molecule has 0 radical (unpaired) electrons. The number of hydrogen-bond acceptors (Lipinski definition) is 8. The summed E-state index contributed by atoms with van der Waals surface area (Å²) in [6.45, 7) is 1.62. The Morgan fingerprint density at radius 2 is 1.95 bits per heavy atom. The van der Waals surface area contributed by atoms with E-state index in [1.165, 1.54) is 16.7 Å². The van der Waals surface area contributed by atoms with Crippen molar-refractivity contribution >= 4 is 17.5 Å². The Hall–Kier alpha value is -3.89. The van der Waals surface area contributed by atoms with Crippen LogP contribution in [-0.2, 0) is 21.9 Å². The quantitative estimate of drug-likeness (QED) is 0.378. The highest BCUT2D eigenvalue weighted by Gasteiger charge is 2.40. The highest BCUT2D eigenvalue weighted by molar-refractivity contribution is 5.95. The smallest absolute Gasteiger partial charge is 0.423 e. The molecule has 0 saturated carbocycles. The van der Waals surface area contributed by atoms with Crippen molar-refractivity contribution in [2.45, 2.75) is 37.8 Å². The summed E-state index contributed by atoms with van der Waals surface area (Å²) in [5.41, 5.74) is -4.58. The van der Waals surface area contributed by atoms with Gasteiger partial charge in [0.15, 0.2) is 11.4 Å². The average Bonchev–Trinajstić information content (AvgIpc) is 3.01. The largest absolute Gasteiger partial charge is 0.489 e. The van der Waals surface area contributed by atoms with E-state index in [-0.39, 0.29) is 63.2 Å². The number of rotatable bonds is 7. The molecule has 218 valence electrons. The highest BCUT2D eigenvalue weighted by atomic mass is 19.4. The minimum absolute atomic E-state index is 0.0551. The van der Waals surface area contributed by atoms with Crippen molar-refractivity contribution in [2.24, 2.45) is 0 Å². The van der Waals surface area contributed by atoms with Crippen LogP contribution in [0.15, 0.2) is 23.3 Å². The van der Waals surface area contributed by atoms with Crippen LogP contribution in [-0.4, -0.2) is 88.3 Å². The van der Waals surface area contributed by atoms with E-state index < -0.39 is 52.7 Å². The van der Waals surface area contributed by atoms with Gasteiger partial charge in [-0.1, -0.05) is 0 Å². The molecule has 17 heteroatoms. The number of hydrogen-bond donors (Lipinski definition) is 2. The molecule has 4 rings (SSSR count). The summed E-state index contributed by atoms with van der Waals surface area (Å²) in [5, 5.41) is 7.64. The average molecular weight is 578 g/mol. The number of carbonyl (C=O) groups excluding carboxylic acids is 2. The van der Waals surface area contributed by atoms with E-state index in [9.17, 15) is 40.7 Å². The molecule has 0 spiro atoms. The molecule has 4 heterocycles. The molecule has 1 fully saturated rings. The van der Waals surface area contributed by atoms with Crippen LogP contribution in [0.2, 0.25) is 0 Å². The number of anilines is 1. The summed E-state index contributed by atoms with van der Waals surface area (Å²) < 4.78 is 89.5. The summed E-state index contributed by atoms with van der Waals surface area (Å²) in [6.07, 6.45) is -8.20. The summed E-state index contributed by atoms with van der Waals surface area (Å²) in [7, 11) is 0. The van der Waals surface area contributed by atoms with Gasteiger partial charge in [0.2, 0.25) is 5.91 Å². The van der Waals surface area contributed by atoms with Gasteiger partial charge in [0.25, 0.3) is 11.5 Å². The van der Waals surface area contributed by atoms with Gasteiger partial charge in [0.1, 0.15) is 12.2 Å². The zero-order chi connectivity index (χ0) is 29.2. The number of aromatic amines is 1. The zero-order valence-electron chi connectivity index (χ0n) is 20.9. The number of nitrogens with zero attached hydrogens (tertiary/aromatic N) is 4. The highest BCUT2D eigenvalue weighted by Crippen LogP contribution is 2.34. The van der Waals surface area contributed by atoms with Gasteiger partial charge in [-0.15, -0.1) is 0 Å². The third-order valence-corrected chi connectivity index (χ3v) is 6.28. The first-order chi connectivity index (χ1) is 18.8. The van der Waals surface area contributed by atoms with Crippen molar-refractivity contribution in [2.75, 3.05) is 44.8 Å². The van der Waals surface area contributed by atoms with E-state index in [4.69, 9.17) is 9.47 Å². The van der Waals surface area contributed by atoms with E-state index in [2.05, 4.69) is 15.4 Å². The van der Waals surface area contributed by atoms with E-state index in [1.54, 1.807) is 5.10 Å². The normalized spacial score (nSPS) is 18.4. The maximum absolute atomic E-state index is 13.2. The van der Waals surface area contributed by atoms with Gasteiger partial charge in [0.05, 0.1) is 43.1 Å². The topological polar surface area (TPSA) is 130 Å². The maximum Gasteiger partial charge on any atom is 0.423 e. The number of halogens is 6. The van der Waals surface area contributed by atoms with Crippen molar-refractivity contribution in [3.05, 3.63) is 45.6 Å². The number of nitrogens with one attached hydrogen (secondary N) is 2. The molecule has 1 saturated heterocycles. The molecule has 2 N–H and O–H groups in total. The van der Waals surface area contributed by atoms with Crippen molar-refractivity contribution in [1.82, 2.24) is 25.0 Å². The second-order valence-corrected chi connectivity index (χ2v) is 9.23. The molecule has 2 atom stereocenters. The lowest BCUT2D eigenvalue weighted by molar-refractivity contribution is -0.138. The van der Waals surface area contributed by atoms with Crippen LogP contribution in [0, 0.1) is 0 Å². The Morgan fingerprint density at radius 3 is 2.65 bits per heavy atom. The SMILES string of the molecule is C[C@@H](COCCC(=O)N1CCN2C(=O)c3ncc(C(F)(F)F)cc3OC[C@@H]2C1)Nc1cn[nH]c(=O)c1C(F)(F)F. The Kier molecular flexibility index (Phi) is 8.23. The first-order valence-corrected chi connectivity index (χ1v) is 12.0. The maximum atomic E-state index is 13.2. The fraction of sp³-hybridized carbons (Fsp3) is 0.522. The van der Waals surface area contributed by atoms with Gasteiger partial charge in [-0.25, -0.2) is 10.1 Å². The lowest BCUT2D eigenvalue weighted by Crippen LogP contribution is -2.57. The summed E-state index contributed by atoms with van der Waals surface area (Å²) in [5.74, 6) is -1.18. The summed E-state index contributed by atoms with van der Waals surface area (Å²) in [4.78, 5) is 43.7. The molecule has 2 aromatic rings. The monoisotopic (exact) mass is 578 g/mol. The molecule has 2 aliphatic heterocycles. The second kappa shape index (κ2) is 11.3. The Morgan fingerprint density at radius 1 is 1.20 bits per heavy atom. The molecular weight excluding hydrogens is 554 g/mol. The number of pyridine rings is 1. The number of piperazine rings is 1. The first-order valence-electron chi connectivity index (χ1n) is 12.0. The lowest BCUT2D eigenvalue weighted by atomic mass is 10.1. The minimum Gasteiger partial charge on any atom is -0.489 e. The zero-order valence-corrected chi connectivity index (χ0v) is 20.9. The van der Waals surface area contributed by atoms with Gasteiger partial charge in [-0.3, -0.25) is 14.4 Å². The number of ether oxygens (including phenoxy) is 2. The van der Waals surface area contributed by atoms with Crippen LogP contribution < -0.4 is 15.6 Å². The molecule has 11 nitrogen and oxygen atoms in total. The summed E-state index contributed by atoms with van der Waals surface area (Å²) in [6, 6.07) is -0.541. The minimum atomic E-state index is -4.89. The molecule has 0 aromatic carbocycles. The summed E-state index contributed by atoms with van der Waals surface area (Å²) >= 11 is 0. The fourth-order valence-corrected chi connectivity index (χ4v) is 4.36. The van der Waals surface area contributed by atoms with Crippen molar-refractivity contribution in [1.29, 1.82) is 0 Å².